The Hall–Kier alpha value is -0.660. The summed E-state index contributed by atoms with van der Waals surface area (Å²) in [6, 6.07) is 4.00. The molecule has 0 amide bonds. The van der Waals surface area contributed by atoms with Crippen LogP contribution in [0.4, 0.5) is 0 Å². The molecule has 0 spiro atoms. The standard InChI is InChI=1S/C24H38O5S.Na/c1-3-5-6-7-8-9-10-11-12-13-14-15-16-17-21-20-22(29-24(25)4-2)18-19-23(21)30(26,27)28;/h4,18-20H,2-3,5-17H2,1H3,(H,26,27,28);/q;+1/p-1. The molecule has 0 heterocycles. The Morgan fingerprint density at radius 3 is 1.87 bits per heavy atom. The average molecular weight is 461 g/mol. The van der Waals surface area contributed by atoms with Gasteiger partial charge in [0.25, 0.3) is 0 Å². The summed E-state index contributed by atoms with van der Waals surface area (Å²) in [4.78, 5) is 11.1. The fraction of sp³-hybridized carbons (Fsp3) is 0.625. The van der Waals surface area contributed by atoms with Crippen LogP contribution < -0.4 is 34.3 Å². The number of hydrogen-bond acceptors (Lipinski definition) is 5. The van der Waals surface area contributed by atoms with Gasteiger partial charge in [0.15, 0.2) is 0 Å². The zero-order valence-corrected chi connectivity index (χ0v) is 22.2. The summed E-state index contributed by atoms with van der Waals surface area (Å²) < 4.78 is 39.5. The summed E-state index contributed by atoms with van der Waals surface area (Å²) in [5.41, 5.74) is 0.405. The molecule has 0 aromatic heterocycles. The topological polar surface area (TPSA) is 83.5 Å². The maximum Gasteiger partial charge on any atom is 1.00 e. The van der Waals surface area contributed by atoms with E-state index in [1.54, 1.807) is 0 Å². The molecule has 0 atom stereocenters. The van der Waals surface area contributed by atoms with Crippen LogP contribution in [0.15, 0.2) is 35.7 Å². The summed E-state index contributed by atoms with van der Waals surface area (Å²) in [7, 11) is -4.56. The predicted molar refractivity (Wildman–Crippen MR) is 120 cm³/mol. The number of ether oxygens (including phenoxy) is 1. The van der Waals surface area contributed by atoms with Gasteiger partial charge in [0.1, 0.15) is 15.9 Å². The van der Waals surface area contributed by atoms with Crippen molar-refractivity contribution in [3.8, 4) is 5.75 Å². The van der Waals surface area contributed by atoms with Gasteiger partial charge < -0.3 is 9.29 Å². The first-order chi connectivity index (χ1) is 14.4. The van der Waals surface area contributed by atoms with Crippen LogP contribution in [0.1, 0.15) is 96.0 Å². The third-order valence-corrected chi connectivity index (χ3v) is 6.17. The van der Waals surface area contributed by atoms with Crippen molar-refractivity contribution in [2.24, 2.45) is 0 Å². The molecule has 0 N–H and O–H groups in total. The molecule has 0 saturated carbocycles. The number of carbonyl (C=O) groups is 1. The molecular weight excluding hydrogens is 423 g/mol. The number of benzene rings is 1. The van der Waals surface area contributed by atoms with Gasteiger partial charge in [-0.25, -0.2) is 13.2 Å². The van der Waals surface area contributed by atoms with E-state index in [1.165, 1.54) is 82.4 Å². The molecule has 1 aromatic carbocycles. The molecule has 170 valence electrons. The van der Waals surface area contributed by atoms with Crippen LogP contribution in [-0.4, -0.2) is 18.9 Å². The normalized spacial score (nSPS) is 11.0. The van der Waals surface area contributed by atoms with E-state index in [0.717, 1.165) is 25.3 Å². The predicted octanol–water partition coefficient (Wildman–Crippen LogP) is 3.32. The summed E-state index contributed by atoms with van der Waals surface area (Å²) in [6.45, 7) is 5.57. The van der Waals surface area contributed by atoms with E-state index in [0.29, 0.717) is 12.0 Å². The van der Waals surface area contributed by atoms with Crippen LogP contribution in [0.3, 0.4) is 0 Å². The first kappa shape index (κ1) is 30.3. The first-order valence-electron chi connectivity index (χ1n) is 11.3. The third-order valence-electron chi connectivity index (χ3n) is 5.24. The number of aryl methyl sites for hydroxylation is 1. The fourth-order valence-electron chi connectivity index (χ4n) is 3.55. The number of carbonyl (C=O) groups excluding carboxylic acids is 1. The Morgan fingerprint density at radius 2 is 1.42 bits per heavy atom. The molecular formula is C24H37NaO5S. The quantitative estimate of drug-likeness (QED) is 0.0889. The Balaban J connectivity index is 0.00000900. The minimum atomic E-state index is -4.56. The molecule has 1 rings (SSSR count). The largest absolute Gasteiger partial charge is 1.00 e. The molecule has 7 heteroatoms. The van der Waals surface area contributed by atoms with Crippen LogP contribution in [0.2, 0.25) is 0 Å². The van der Waals surface area contributed by atoms with E-state index in [4.69, 9.17) is 4.74 Å². The van der Waals surface area contributed by atoms with E-state index in [-0.39, 0.29) is 40.2 Å². The summed E-state index contributed by atoms with van der Waals surface area (Å²) in [5.74, 6) is -0.406. The first-order valence-corrected chi connectivity index (χ1v) is 12.7. The summed E-state index contributed by atoms with van der Waals surface area (Å²) >= 11 is 0. The minimum absolute atomic E-state index is 0. The maximum absolute atomic E-state index is 11.5. The van der Waals surface area contributed by atoms with Crippen LogP contribution in [0, 0.1) is 0 Å². The van der Waals surface area contributed by atoms with Crippen molar-refractivity contribution >= 4 is 16.1 Å². The van der Waals surface area contributed by atoms with Crippen molar-refractivity contribution in [3.63, 3.8) is 0 Å². The number of rotatable bonds is 17. The minimum Gasteiger partial charge on any atom is -0.744 e. The molecule has 0 saturated heterocycles. The van der Waals surface area contributed by atoms with Gasteiger partial charge in [-0.1, -0.05) is 90.6 Å². The van der Waals surface area contributed by atoms with E-state index in [2.05, 4.69) is 13.5 Å². The molecule has 0 aliphatic heterocycles. The molecule has 0 aliphatic carbocycles. The van der Waals surface area contributed by atoms with Gasteiger partial charge in [-0.05, 0) is 36.6 Å². The maximum atomic E-state index is 11.5. The number of hydrogen-bond donors (Lipinski definition) is 0. The van der Waals surface area contributed by atoms with Crippen LogP contribution >= 0.6 is 0 Å². The van der Waals surface area contributed by atoms with Crippen molar-refractivity contribution in [2.75, 3.05) is 0 Å². The zero-order valence-electron chi connectivity index (χ0n) is 19.4. The van der Waals surface area contributed by atoms with Gasteiger partial charge in [-0.15, -0.1) is 0 Å². The van der Waals surface area contributed by atoms with E-state index >= 15 is 0 Å². The molecule has 0 radical (unpaired) electrons. The van der Waals surface area contributed by atoms with Crippen molar-refractivity contribution in [1.29, 1.82) is 0 Å². The zero-order chi connectivity index (χ0) is 22.2. The van der Waals surface area contributed by atoms with Crippen molar-refractivity contribution in [1.82, 2.24) is 0 Å². The molecule has 1 aromatic rings. The van der Waals surface area contributed by atoms with Crippen molar-refractivity contribution < 1.29 is 52.1 Å². The van der Waals surface area contributed by atoms with Gasteiger partial charge in [0, 0.05) is 6.08 Å². The van der Waals surface area contributed by atoms with Crippen molar-refractivity contribution in [3.05, 3.63) is 36.4 Å². The second kappa shape index (κ2) is 17.8. The Bertz CT molecular complexity index is 746. The van der Waals surface area contributed by atoms with Crippen LogP contribution in [0.5, 0.6) is 5.75 Å². The van der Waals surface area contributed by atoms with E-state index < -0.39 is 16.1 Å². The smallest absolute Gasteiger partial charge is 0.744 e. The average Bonchev–Trinajstić information content (AvgIpc) is 2.70. The monoisotopic (exact) mass is 460 g/mol. The second-order valence-corrected chi connectivity index (χ2v) is 9.19. The van der Waals surface area contributed by atoms with Crippen molar-refractivity contribution in [2.45, 2.75) is 102 Å². The van der Waals surface area contributed by atoms with Gasteiger partial charge in [-0.3, -0.25) is 0 Å². The molecule has 5 nitrogen and oxygen atoms in total. The SMILES string of the molecule is C=CC(=O)Oc1ccc(S(=O)(=O)[O-])c(CCCCCCCCCCCCCCC)c1.[Na+]. The van der Waals surface area contributed by atoms with Crippen LogP contribution in [0.25, 0.3) is 0 Å². The Kier molecular flexibility index (Phi) is 17.5. The molecule has 0 bridgehead atoms. The number of unbranched alkanes of at least 4 members (excludes halogenated alkanes) is 12. The Labute approximate surface area is 211 Å². The summed E-state index contributed by atoms with van der Waals surface area (Å²) in [6.07, 6.45) is 17.4. The Morgan fingerprint density at radius 1 is 0.935 bits per heavy atom. The molecule has 0 aliphatic rings. The van der Waals surface area contributed by atoms with Gasteiger partial charge in [-0.2, -0.15) is 0 Å². The number of esters is 1. The third kappa shape index (κ3) is 14.2. The van der Waals surface area contributed by atoms with Gasteiger partial charge in [0.2, 0.25) is 0 Å². The molecule has 31 heavy (non-hydrogen) atoms. The fourth-order valence-corrected chi connectivity index (χ4v) is 4.27. The molecule has 0 fully saturated rings. The second-order valence-electron chi connectivity index (χ2n) is 7.84. The van der Waals surface area contributed by atoms with E-state index in [1.807, 2.05) is 0 Å². The molecule has 0 unspecified atom stereocenters. The van der Waals surface area contributed by atoms with E-state index in [9.17, 15) is 17.8 Å². The summed E-state index contributed by atoms with van der Waals surface area (Å²) in [5, 5.41) is 0. The van der Waals surface area contributed by atoms with Gasteiger partial charge in [0.05, 0.1) is 4.90 Å². The van der Waals surface area contributed by atoms with Gasteiger partial charge >= 0.3 is 35.5 Å². The van der Waals surface area contributed by atoms with Crippen LogP contribution in [-0.2, 0) is 21.3 Å².